The molecule has 1 aromatic carbocycles. The van der Waals surface area contributed by atoms with Crippen LogP contribution in [0.4, 0.5) is 0 Å². The second-order valence-corrected chi connectivity index (χ2v) is 5.86. The van der Waals surface area contributed by atoms with Crippen LogP contribution in [0.2, 0.25) is 0 Å². The summed E-state index contributed by atoms with van der Waals surface area (Å²) in [7, 11) is 0. The lowest BCUT2D eigenvalue weighted by Gasteiger charge is -2.03. The third-order valence-electron chi connectivity index (χ3n) is 3.73. The van der Waals surface area contributed by atoms with Crippen LogP contribution in [0.15, 0.2) is 71.6 Å². The minimum Gasteiger partial charge on any atom is -0.467 e. The van der Waals surface area contributed by atoms with E-state index in [2.05, 4.69) is 15.7 Å². The maximum atomic E-state index is 11.8. The number of hydrogen-bond donors (Lipinski definition) is 2. The standard InChI is InChI=1S/C20H20N4O3/c25-19(22-13-20(26)21-12-18-7-4-10-27-18)9-8-17-11-23-24(15-17)14-16-5-2-1-3-6-16/h1-11,15H,12-14H2,(H,21,26)(H,22,25)/b9-8+. The molecular formula is C20H20N4O3. The second-order valence-electron chi connectivity index (χ2n) is 5.86. The highest BCUT2D eigenvalue weighted by atomic mass is 16.3. The van der Waals surface area contributed by atoms with Gasteiger partial charge in [-0.05, 0) is 23.8 Å². The normalized spacial score (nSPS) is 10.8. The van der Waals surface area contributed by atoms with Gasteiger partial charge in [-0.25, -0.2) is 0 Å². The number of benzene rings is 1. The van der Waals surface area contributed by atoms with Crippen LogP contribution in [-0.2, 0) is 22.7 Å². The summed E-state index contributed by atoms with van der Waals surface area (Å²) in [6.45, 7) is 0.853. The number of furan rings is 1. The Morgan fingerprint density at radius 2 is 1.96 bits per heavy atom. The van der Waals surface area contributed by atoms with Crippen molar-refractivity contribution >= 4 is 17.9 Å². The molecule has 3 aromatic rings. The van der Waals surface area contributed by atoms with Gasteiger partial charge in [0.1, 0.15) is 5.76 Å². The summed E-state index contributed by atoms with van der Waals surface area (Å²) in [6, 6.07) is 13.5. The monoisotopic (exact) mass is 364 g/mol. The van der Waals surface area contributed by atoms with Gasteiger partial charge in [-0.15, -0.1) is 0 Å². The first-order valence-corrected chi connectivity index (χ1v) is 8.50. The van der Waals surface area contributed by atoms with Crippen LogP contribution in [-0.4, -0.2) is 28.1 Å². The van der Waals surface area contributed by atoms with Crippen LogP contribution in [0.3, 0.4) is 0 Å². The fraction of sp³-hybridized carbons (Fsp3) is 0.150. The fourth-order valence-electron chi connectivity index (χ4n) is 2.38. The van der Waals surface area contributed by atoms with Crippen LogP contribution < -0.4 is 10.6 Å². The highest BCUT2D eigenvalue weighted by Gasteiger charge is 2.04. The first-order valence-electron chi connectivity index (χ1n) is 8.50. The van der Waals surface area contributed by atoms with Crippen molar-refractivity contribution in [2.45, 2.75) is 13.1 Å². The van der Waals surface area contributed by atoms with E-state index in [4.69, 9.17) is 4.42 Å². The molecule has 27 heavy (non-hydrogen) atoms. The molecular weight excluding hydrogens is 344 g/mol. The van der Waals surface area contributed by atoms with E-state index >= 15 is 0 Å². The molecule has 2 amide bonds. The number of nitrogens with zero attached hydrogens (tertiary/aromatic N) is 2. The molecule has 0 unspecified atom stereocenters. The van der Waals surface area contributed by atoms with E-state index in [1.807, 2.05) is 36.5 Å². The number of hydrogen-bond acceptors (Lipinski definition) is 4. The lowest BCUT2D eigenvalue weighted by atomic mass is 10.2. The van der Waals surface area contributed by atoms with Gasteiger partial charge in [0.2, 0.25) is 11.8 Å². The fourth-order valence-corrected chi connectivity index (χ4v) is 2.38. The van der Waals surface area contributed by atoms with Crippen LogP contribution in [0, 0.1) is 0 Å². The molecule has 0 aliphatic rings. The van der Waals surface area contributed by atoms with E-state index < -0.39 is 0 Å². The van der Waals surface area contributed by atoms with Gasteiger partial charge >= 0.3 is 0 Å². The number of carbonyl (C=O) groups excluding carboxylic acids is 2. The molecule has 3 rings (SSSR count). The van der Waals surface area contributed by atoms with Crippen molar-refractivity contribution < 1.29 is 14.0 Å². The lowest BCUT2D eigenvalue weighted by molar-refractivity contribution is -0.124. The molecule has 2 N–H and O–H groups in total. The summed E-state index contributed by atoms with van der Waals surface area (Å²) in [4.78, 5) is 23.5. The van der Waals surface area contributed by atoms with Gasteiger partial charge in [0.15, 0.2) is 0 Å². The van der Waals surface area contributed by atoms with E-state index in [1.165, 1.54) is 12.3 Å². The van der Waals surface area contributed by atoms with Gasteiger partial charge < -0.3 is 15.1 Å². The SMILES string of the molecule is O=C(/C=C/c1cnn(Cc2ccccc2)c1)NCC(=O)NCc1ccco1. The third kappa shape index (κ3) is 6.00. The summed E-state index contributed by atoms with van der Waals surface area (Å²) in [5.74, 6) is 0.0184. The Hall–Kier alpha value is -3.61. The Labute approximate surface area is 156 Å². The lowest BCUT2D eigenvalue weighted by Crippen LogP contribution is -2.35. The van der Waals surface area contributed by atoms with Crippen molar-refractivity contribution in [3.05, 3.63) is 84.1 Å². The van der Waals surface area contributed by atoms with Crippen LogP contribution in [0.25, 0.3) is 6.08 Å². The van der Waals surface area contributed by atoms with Gasteiger partial charge in [0, 0.05) is 17.8 Å². The zero-order valence-electron chi connectivity index (χ0n) is 14.7. The summed E-state index contributed by atoms with van der Waals surface area (Å²) >= 11 is 0. The predicted octanol–water partition coefficient (Wildman–Crippen LogP) is 1.97. The first kappa shape index (κ1) is 18.2. The number of nitrogens with one attached hydrogen (secondary N) is 2. The quantitative estimate of drug-likeness (QED) is 0.598. The van der Waals surface area contributed by atoms with Crippen molar-refractivity contribution in [2.24, 2.45) is 0 Å². The van der Waals surface area contributed by atoms with Gasteiger partial charge in [-0.1, -0.05) is 30.3 Å². The number of aromatic nitrogens is 2. The van der Waals surface area contributed by atoms with Gasteiger partial charge in [-0.3, -0.25) is 14.3 Å². The smallest absolute Gasteiger partial charge is 0.244 e. The summed E-state index contributed by atoms with van der Waals surface area (Å²) in [5.41, 5.74) is 1.96. The molecule has 0 spiro atoms. The Morgan fingerprint density at radius 1 is 1.11 bits per heavy atom. The van der Waals surface area contributed by atoms with Crippen molar-refractivity contribution in [3.8, 4) is 0 Å². The van der Waals surface area contributed by atoms with Crippen molar-refractivity contribution in [3.63, 3.8) is 0 Å². The Balaban J connectivity index is 1.41. The van der Waals surface area contributed by atoms with Gasteiger partial charge in [0.05, 0.1) is 32.1 Å². The zero-order chi connectivity index (χ0) is 18.9. The number of rotatable bonds is 8. The maximum Gasteiger partial charge on any atom is 0.244 e. The van der Waals surface area contributed by atoms with Crippen LogP contribution in [0.5, 0.6) is 0 Å². The van der Waals surface area contributed by atoms with E-state index in [0.717, 1.165) is 11.1 Å². The first-order chi connectivity index (χ1) is 13.2. The highest BCUT2D eigenvalue weighted by Crippen LogP contribution is 2.05. The molecule has 7 nitrogen and oxygen atoms in total. The van der Waals surface area contributed by atoms with Crippen LogP contribution in [0.1, 0.15) is 16.9 Å². The largest absolute Gasteiger partial charge is 0.467 e. The third-order valence-corrected chi connectivity index (χ3v) is 3.73. The van der Waals surface area contributed by atoms with E-state index in [-0.39, 0.29) is 24.9 Å². The maximum absolute atomic E-state index is 11.8. The molecule has 0 radical (unpaired) electrons. The topological polar surface area (TPSA) is 89.2 Å². The second kappa shape index (κ2) is 9.19. The molecule has 2 heterocycles. The van der Waals surface area contributed by atoms with E-state index in [0.29, 0.717) is 12.3 Å². The Kier molecular flexibility index (Phi) is 6.19. The molecule has 0 aliphatic heterocycles. The molecule has 0 bridgehead atoms. The minimum absolute atomic E-state index is 0.100. The van der Waals surface area contributed by atoms with E-state index in [9.17, 15) is 9.59 Å². The van der Waals surface area contributed by atoms with Gasteiger partial charge in [0.25, 0.3) is 0 Å². The Bertz CT molecular complexity index is 898. The average molecular weight is 364 g/mol. The molecule has 7 heteroatoms. The minimum atomic E-state index is -0.348. The highest BCUT2D eigenvalue weighted by molar-refractivity contribution is 5.94. The molecule has 2 aromatic heterocycles. The number of carbonyl (C=O) groups is 2. The van der Waals surface area contributed by atoms with Gasteiger partial charge in [-0.2, -0.15) is 5.10 Å². The summed E-state index contributed by atoms with van der Waals surface area (Å²) in [6.07, 6.45) is 8.11. The molecule has 0 aliphatic carbocycles. The van der Waals surface area contributed by atoms with Crippen molar-refractivity contribution in [2.75, 3.05) is 6.54 Å². The molecule has 0 saturated carbocycles. The predicted molar refractivity (Wildman–Crippen MR) is 100 cm³/mol. The zero-order valence-corrected chi connectivity index (χ0v) is 14.7. The summed E-state index contributed by atoms with van der Waals surface area (Å²) < 4.78 is 6.92. The molecule has 0 atom stereocenters. The molecule has 0 fully saturated rings. The Morgan fingerprint density at radius 3 is 2.74 bits per heavy atom. The van der Waals surface area contributed by atoms with Crippen LogP contribution >= 0.6 is 0 Å². The van der Waals surface area contributed by atoms with Crippen molar-refractivity contribution in [1.29, 1.82) is 0 Å². The summed E-state index contributed by atoms with van der Waals surface area (Å²) in [5, 5.41) is 9.46. The average Bonchev–Trinajstić information content (AvgIpc) is 3.36. The van der Waals surface area contributed by atoms with Crippen molar-refractivity contribution in [1.82, 2.24) is 20.4 Å². The molecule has 0 saturated heterocycles. The van der Waals surface area contributed by atoms with E-state index in [1.54, 1.807) is 29.1 Å². The molecule has 138 valence electrons. The number of amides is 2.